The number of nitrogens with two attached hydrogens (primary N) is 1. The first kappa shape index (κ1) is 15.6. The van der Waals surface area contributed by atoms with E-state index in [1.54, 1.807) is 0 Å². The van der Waals surface area contributed by atoms with Gasteiger partial charge in [-0.3, -0.25) is 0 Å². The summed E-state index contributed by atoms with van der Waals surface area (Å²) in [6, 6.07) is 7.95. The summed E-state index contributed by atoms with van der Waals surface area (Å²) in [5, 5.41) is 8.68. The lowest BCUT2D eigenvalue weighted by Crippen LogP contribution is -2.13. The van der Waals surface area contributed by atoms with E-state index in [4.69, 9.17) is 28.3 Å². The van der Waals surface area contributed by atoms with Crippen LogP contribution in [0.4, 0.5) is 5.69 Å². The summed E-state index contributed by atoms with van der Waals surface area (Å²) in [5.41, 5.74) is 0.509. The second kappa shape index (κ2) is 5.91. The lowest BCUT2D eigenvalue weighted by Gasteiger charge is -2.15. The highest BCUT2D eigenvalue weighted by Crippen LogP contribution is 2.32. The molecular formula is C12H12Cl2N2O2S2. The van der Waals surface area contributed by atoms with Crippen molar-refractivity contribution in [1.29, 1.82) is 0 Å². The summed E-state index contributed by atoms with van der Waals surface area (Å²) in [4.78, 5) is 1.04. The van der Waals surface area contributed by atoms with Crippen LogP contribution in [0.15, 0.2) is 35.2 Å². The first-order chi connectivity index (χ1) is 9.27. The van der Waals surface area contributed by atoms with Gasteiger partial charge in [0.2, 0.25) is 10.0 Å². The van der Waals surface area contributed by atoms with E-state index in [9.17, 15) is 8.42 Å². The maximum Gasteiger partial charge on any atom is 0.238 e. The smallest absolute Gasteiger partial charge is 0.238 e. The zero-order chi connectivity index (χ0) is 14.9. The van der Waals surface area contributed by atoms with Crippen LogP contribution >= 0.6 is 34.5 Å². The Morgan fingerprint density at radius 3 is 2.50 bits per heavy atom. The third-order valence-electron chi connectivity index (χ3n) is 2.66. The molecule has 1 heterocycles. The Morgan fingerprint density at radius 1 is 1.25 bits per heavy atom. The van der Waals surface area contributed by atoms with Crippen molar-refractivity contribution in [1.82, 2.24) is 0 Å². The SMILES string of the molecule is CC(Nc1cc(S(N)(=O)=O)ccc1Cl)c1ccc(Cl)s1. The second-order valence-electron chi connectivity index (χ2n) is 4.19. The normalized spacial score (nSPS) is 13.2. The molecule has 3 N–H and O–H groups in total. The van der Waals surface area contributed by atoms with E-state index in [1.165, 1.54) is 29.5 Å². The van der Waals surface area contributed by atoms with Gasteiger partial charge in [0.05, 0.1) is 26.0 Å². The fraction of sp³-hybridized carbons (Fsp3) is 0.167. The van der Waals surface area contributed by atoms with Gasteiger partial charge in [0.25, 0.3) is 0 Å². The summed E-state index contributed by atoms with van der Waals surface area (Å²) in [5.74, 6) is 0. The molecule has 1 unspecified atom stereocenters. The van der Waals surface area contributed by atoms with Gasteiger partial charge in [-0.15, -0.1) is 11.3 Å². The molecule has 0 bridgehead atoms. The van der Waals surface area contributed by atoms with Crippen LogP contribution in [0.2, 0.25) is 9.36 Å². The Bertz CT molecular complexity index is 729. The highest BCUT2D eigenvalue weighted by Gasteiger charge is 2.14. The highest BCUT2D eigenvalue weighted by atomic mass is 35.5. The van der Waals surface area contributed by atoms with E-state index < -0.39 is 10.0 Å². The van der Waals surface area contributed by atoms with Gasteiger partial charge in [-0.1, -0.05) is 23.2 Å². The molecule has 0 saturated carbocycles. The number of anilines is 1. The van der Waals surface area contributed by atoms with Crippen LogP contribution < -0.4 is 10.5 Å². The third kappa shape index (κ3) is 3.65. The zero-order valence-corrected chi connectivity index (χ0v) is 13.6. The number of rotatable bonds is 4. The predicted molar refractivity (Wildman–Crippen MR) is 84.2 cm³/mol. The molecule has 108 valence electrons. The van der Waals surface area contributed by atoms with Gasteiger partial charge in [-0.05, 0) is 37.3 Å². The standard InChI is InChI=1S/C12H12Cl2N2O2S2/c1-7(11-4-5-12(14)19-11)16-10-6-8(20(15,17)18)2-3-9(10)13/h2-7,16H,1H3,(H2,15,17,18). The van der Waals surface area contributed by atoms with Crippen LogP contribution in [0.1, 0.15) is 17.8 Å². The van der Waals surface area contributed by atoms with E-state index >= 15 is 0 Å². The van der Waals surface area contributed by atoms with E-state index in [1.807, 2.05) is 19.1 Å². The topological polar surface area (TPSA) is 72.2 Å². The monoisotopic (exact) mass is 350 g/mol. The third-order valence-corrected chi connectivity index (χ3v) is 5.31. The molecule has 4 nitrogen and oxygen atoms in total. The van der Waals surface area contributed by atoms with Crippen molar-refractivity contribution in [3.05, 3.63) is 44.6 Å². The molecule has 0 fully saturated rings. The maximum atomic E-state index is 11.3. The molecule has 0 radical (unpaired) electrons. The molecule has 1 aromatic carbocycles. The van der Waals surface area contributed by atoms with Crippen LogP contribution in [-0.4, -0.2) is 8.42 Å². The van der Waals surface area contributed by atoms with E-state index in [0.717, 1.165) is 4.88 Å². The minimum Gasteiger partial charge on any atom is -0.376 e. The van der Waals surface area contributed by atoms with Crippen LogP contribution in [0, 0.1) is 0 Å². The lowest BCUT2D eigenvalue weighted by molar-refractivity contribution is 0.598. The summed E-state index contributed by atoms with van der Waals surface area (Å²) in [6.45, 7) is 1.93. The number of sulfonamides is 1. The minimum absolute atomic E-state index is 0.0146. The van der Waals surface area contributed by atoms with E-state index in [0.29, 0.717) is 15.0 Å². The molecular weight excluding hydrogens is 339 g/mol. The Labute approximate surface area is 131 Å². The number of hydrogen-bond acceptors (Lipinski definition) is 4. The van der Waals surface area contributed by atoms with Crippen molar-refractivity contribution in [3.63, 3.8) is 0 Å². The van der Waals surface area contributed by atoms with Crippen molar-refractivity contribution in [3.8, 4) is 0 Å². The van der Waals surface area contributed by atoms with Gasteiger partial charge in [0.1, 0.15) is 0 Å². The van der Waals surface area contributed by atoms with Crippen molar-refractivity contribution < 1.29 is 8.42 Å². The number of benzene rings is 1. The fourth-order valence-electron chi connectivity index (χ4n) is 1.66. The van der Waals surface area contributed by atoms with Crippen molar-refractivity contribution in [2.45, 2.75) is 17.9 Å². The summed E-state index contributed by atoms with van der Waals surface area (Å²) < 4.78 is 23.4. The Hall–Kier alpha value is -0.790. The first-order valence-corrected chi connectivity index (χ1v) is 8.73. The molecule has 20 heavy (non-hydrogen) atoms. The number of thiophene rings is 1. The minimum atomic E-state index is -3.76. The molecule has 0 aliphatic rings. The quantitative estimate of drug-likeness (QED) is 0.878. The molecule has 2 rings (SSSR count). The molecule has 1 atom stereocenters. The van der Waals surface area contributed by atoms with Gasteiger partial charge in [0.15, 0.2) is 0 Å². The number of primary sulfonamides is 1. The molecule has 0 aliphatic carbocycles. The molecule has 0 amide bonds. The van der Waals surface area contributed by atoms with Crippen molar-refractivity contribution >= 4 is 50.2 Å². The molecule has 8 heteroatoms. The summed E-state index contributed by atoms with van der Waals surface area (Å²) >= 11 is 13.4. The van der Waals surface area contributed by atoms with Crippen molar-refractivity contribution in [2.75, 3.05) is 5.32 Å². The molecule has 0 aliphatic heterocycles. The number of nitrogens with one attached hydrogen (secondary N) is 1. The van der Waals surface area contributed by atoms with Crippen LogP contribution in [0.3, 0.4) is 0 Å². The van der Waals surface area contributed by atoms with Gasteiger partial charge in [-0.25, -0.2) is 13.6 Å². The highest BCUT2D eigenvalue weighted by molar-refractivity contribution is 7.89. The van der Waals surface area contributed by atoms with E-state index in [2.05, 4.69) is 5.32 Å². The average molecular weight is 351 g/mol. The van der Waals surface area contributed by atoms with Crippen LogP contribution in [-0.2, 0) is 10.0 Å². The van der Waals surface area contributed by atoms with Gasteiger partial charge >= 0.3 is 0 Å². The zero-order valence-electron chi connectivity index (χ0n) is 10.4. The molecule has 0 saturated heterocycles. The van der Waals surface area contributed by atoms with Crippen LogP contribution in [0.5, 0.6) is 0 Å². The Balaban J connectivity index is 2.29. The Morgan fingerprint density at radius 2 is 1.95 bits per heavy atom. The van der Waals surface area contributed by atoms with Crippen LogP contribution in [0.25, 0.3) is 0 Å². The lowest BCUT2D eigenvalue weighted by atomic mass is 10.2. The van der Waals surface area contributed by atoms with Crippen molar-refractivity contribution in [2.24, 2.45) is 5.14 Å². The van der Waals surface area contributed by atoms with Gasteiger partial charge in [0, 0.05) is 4.88 Å². The number of hydrogen-bond donors (Lipinski definition) is 2. The summed E-state index contributed by atoms with van der Waals surface area (Å²) in [7, 11) is -3.76. The largest absolute Gasteiger partial charge is 0.376 e. The first-order valence-electron chi connectivity index (χ1n) is 5.61. The molecule has 0 spiro atoms. The Kier molecular flexibility index (Phi) is 4.61. The second-order valence-corrected chi connectivity index (χ2v) is 7.91. The molecule has 1 aromatic heterocycles. The van der Waals surface area contributed by atoms with E-state index in [-0.39, 0.29) is 10.9 Å². The average Bonchev–Trinajstić information content (AvgIpc) is 2.77. The number of halogens is 2. The fourth-order valence-corrected chi connectivity index (χ4v) is 3.43. The van der Waals surface area contributed by atoms with Gasteiger partial charge < -0.3 is 5.32 Å². The van der Waals surface area contributed by atoms with Gasteiger partial charge in [-0.2, -0.15) is 0 Å². The maximum absolute atomic E-state index is 11.3. The summed E-state index contributed by atoms with van der Waals surface area (Å²) in [6.07, 6.45) is 0. The molecule has 2 aromatic rings. The predicted octanol–water partition coefficient (Wildman–Crippen LogP) is 3.88.